The predicted octanol–water partition coefficient (Wildman–Crippen LogP) is 5.27. The van der Waals surface area contributed by atoms with Crippen molar-refractivity contribution in [1.82, 2.24) is 0 Å². The highest BCUT2D eigenvalue weighted by atomic mass is 16.5. The molecule has 0 saturated heterocycles. The first kappa shape index (κ1) is 21.2. The van der Waals surface area contributed by atoms with Gasteiger partial charge in [0.1, 0.15) is 6.29 Å². The van der Waals surface area contributed by atoms with E-state index in [2.05, 4.69) is 62.3 Å². The number of carbonyl (C=O) groups excluding carboxylic acids is 2. The summed E-state index contributed by atoms with van der Waals surface area (Å²) in [5.41, 5.74) is -1.72. The zero-order chi connectivity index (χ0) is 19.4. The molecule has 0 aliphatic heterocycles. The molecule has 1 aliphatic carbocycles. The summed E-state index contributed by atoms with van der Waals surface area (Å²) >= 11 is 0. The molecule has 0 aromatic carbocycles. The molecule has 1 rings (SSSR count). The Kier molecular flexibility index (Phi) is 4.92. The lowest BCUT2D eigenvalue weighted by Gasteiger charge is -2.68. The average molecular weight is 339 g/mol. The molecular weight excluding hydrogens is 300 g/mol. The van der Waals surface area contributed by atoms with Gasteiger partial charge in [-0.25, -0.2) is 0 Å². The molecule has 1 saturated carbocycles. The molecule has 3 nitrogen and oxygen atoms in total. The molecule has 0 bridgehead atoms. The van der Waals surface area contributed by atoms with Crippen LogP contribution in [0.5, 0.6) is 0 Å². The van der Waals surface area contributed by atoms with E-state index in [1.54, 1.807) is 0 Å². The van der Waals surface area contributed by atoms with Gasteiger partial charge in [0, 0.05) is 5.41 Å². The van der Waals surface area contributed by atoms with Crippen molar-refractivity contribution in [3.8, 4) is 0 Å². The normalized spacial score (nSPS) is 31.0. The Morgan fingerprint density at radius 3 is 1.62 bits per heavy atom. The summed E-state index contributed by atoms with van der Waals surface area (Å²) in [6.45, 7) is 21.3. The largest absolute Gasteiger partial charge is 0.469 e. The van der Waals surface area contributed by atoms with Crippen molar-refractivity contribution >= 4 is 12.3 Å². The molecule has 0 heterocycles. The van der Waals surface area contributed by atoms with E-state index in [0.29, 0.717) is 0 Å². The van der Waals surface area contributed by atoms with Crippen molar-refractivity contribution in [2.75, 3.05) is 7.11 Å². The molecule has 0 radical (unpaired) electrons. The number of ether oxygens (including phenoxy) is 1. The second kappa shape index (κ2) is 5.57. The van der Waals surface area contributed by atoms with Crippen LogP contribution in [-0.2, 0) is 14.3 Å². The van der Waals surface area contributed by atoms with Crippen LogP contribution in [0.2, 0.25) is 0 Å². The maximum absolute atomic E-state index is 12.8. The van der Waals surface area contributed by atoms with Gasteiger partial charge in [-0.05, 0) is 41.4 Å². The maximum Gasteiger partial charge on any atom is 0.312 e. The van der Waals surface area contributed by atoms with E-state index >= 15 is 0 Å². The van der Waals surface area contributed by atoms with Crippen molar-refractivity contribution in [3.05, 3.63) is 0 Å². The van der Waals surface area contributed by atoms with E-state index in [0.717, 1.165) is 19.1 Å². The number of rotatable bonds is 4. The Morgan fingerprint density at radius 2 is 1.38 bits per heavy atom. The summed E-state index contributed by atoms with van der Waals surface area (Å²) in [7, 11) is 1.47. The van der Waals surface area contributed by atoms with Crippen molar-refractivity contribution < 1.29 is 14.3 Å². The molecule has 0 spiro atoms. The number of carbonyl (C=O) groups is 2. The van der Waals surface area contributed by atoms with E-state index in [4.69, 9.17) is 4.74 Å². The zero-order valence-corrected chi connectivity index (χ0v) is 17.7. The summed E-state index contributed by atoms with van der Waals surface area (Å²) < 4.78 is 5.23. The fraction of sp³-hybridized carbons (Fsp3) is 0.905. The van der Waals surface area contributed by atoms with Crippen LogP contribution in [0.3, 0.4) is 0 Å². The maximum atomic E-state index is 12.8. The second-order valence-corrected chi connectivity index (χ2v) is 10.9. The number of hydrogen-bond acceptors (Lipinski definition) is 3. The first-order valence-corrected chi connectivity index (χ1v) is 9.01. The molecule has 0 amide bonds. The van der Waals surface area contributed by atoms with Gasteiger partial charge in [0.25, 0.3) is 0 Å². The summed E-state index contributed by atoms with van der Waals surface area (Å²) in [4.78, 5) is 24.8. The minimum Gasteiger partial charge on any atom is -0.469 e. The van der Waals surface area contributed by atoms with Crippen molar-refractivity contribution in [2.45, 2.75) is 82.1 Å². The minimum absolute atomic E-state index is 0.0757. The van der Waals surface area contributed by atoms with E-state index in [1.807, 2.05) is 6.92 Å². The van der Waals surface area contributed by atoms with Gasteiger partial charge in [0.15, 0.2) is 0 Å². The lowest BCUT2D eigenvalue weighted by Crippen LogP contribution is -2.65. The van der Waals surface area contributed by atoms with Gasteiger partial charge in [-0.1, -0.05) is 62.3 Å². The molecule has 1 unspecified atom stereocenters. The van der Waals surface area contributed by atoms with Gasteiger partial charge in [-0.2, -0.15) is 0 Å². The predicted molar refractivity (Wildman–Crippen MR) is 98.7 cm³/mol. The average Bonchev–Trinajstić information content (AvgIpc) is 2.38. The SMILES string of the molecule is COC(=O)C(C)(C(C)(C)C)C(C)(C)C1(C)CC(C=O)(C(C)(C)C)C1. The third-order valence-corrected chi connectivity index (χ3v) is 7.98. The van der Waals surface area contributed by atoms with Crippen LogP contribution < -0.4 is 0 Å². The third-order valence-electron chi connectivity index (χ3n) is 7.98. The summed E-state index contributed by atoms with van der Waals surface area (Å²) in [6, 6.07) is 0. The lowest BCUT2D eigenvalue weighted by atomic mass is 9.35. The number of aldehydes is 1. The number of methoxy groups -OCH3 is 1. The summed E-state index contributed by atoms with van der Waals surface area (Å²) in [5.74, 6) is -0.166. The lowest BCUT2D eigenvalue weighted by molar-refractivity contribution is -0.218. The monoisotopic (exact) mass is 338 g/mol. The number of esters is 1. The van der Waals surface area contributed by atoms with Gasteiger partial charge < -0.3 is 9.53 Å². The Morgan fingerprint density at radius 1 is 0.958 bits per heavy atom. The highest BCUT2D eigenvalue weighted by molar-refractivity contribution is 5.79. The van der Waals surface area contributed by atoms with Gasteiger partial charge in [0.2, 0.25) is 0 Å². The van der Waals surface area contributed by atoms with E-state index in [9.17, 15) is 9.59 Å². The third kappa shape index (κ3) is 2.54. The van der Waals surface area contributed by atoms with E-state index in [1.165, 1.54) is 7.11 Å². The Bertz CT molecular complexity index is 510. The highest BCUT2D eigenvalue weighted by Crippen LogP contribution is 2.72. The van der Waals surface area contributed by atoms with Crippen LogP contribution in [0.4, 0.5) is 0 Å². The van der Waals surface area contributed by atoms with Gasteiger partial charge in [-0.15, -0.1) is 0 Å². The number of hydrogen-bond donors (Lipinski definition) is 0. The van der Waals surface area contributed by atoms with Gasteiger partial charge in [-0.3, -0.25) is 4.79 Å². The second-order valence-electron chi connectivity index (χ2n) is 10.9. The molecule has 140 valence electrons. The molecule has 24 heavy (non-hydrogen) atoms. The Hall–Kier alpha value is -0.860. The Balaban J connectivity index is 3.39. The van der Waals surface area contributed by atoms with Gasteiger partial charge in [0.05, 0.1) is 12.5 Å². The van der Waals surface area contributed by atoms with E-state index in [-0.39, 0.29) is 33.0 Å². The molecule has 0 aromatic heterocycles. The van der Waals surface area contributed by atoms with Crippen LogP contribution in [0, 0.1) is 32.5 Å². The molecule has 1 fully saturated rings. The highest BCUT2D eigenvalue weighted by Gasteiger charge is 2.69. The van der Waals surface area contributed by atoms with E-state index < -0.39 is 5.41 Å². The smallest absolute Gasteiger partial charge is 0.312 e. The molecule has 1 aliphatic rings. The van der Waals surface area contributed by atoms with Crippen LogP contribution in [0.25, 0.3) is 0 Å². The fourth-order valence-electron chi connectivity index (χ4n) is 4.88. The Labute approximate surface area is 148 Å². The van der Waals surface area contributed by atoms with Crippen LogP contribution >= 0.6 is 0 Å². The first-order chi connectivity index (χ1) is 10.5. The summed E-state index contributed by atoms with van der Waals surface area (Å²) in [6.07, 6.45) is 2.77. The topological polar surface area (TPSA) is 43.4 Å². The van der Waals surface area contributed by atoms with Crippen LogP contribution in [0.15, 0.2) is 0 Å². The molecule has 0 N–H and O–H groups in total. The molecular formula is C21H38O3. The zero-order valence-electron chi connectivity index (χ0n) is 17.7. The van der Waals surface area contributed by atoms with Crippen LogP contribution in [-0.4, -0.2) is 19.4 Å². The molecule has 0 aromatic rings. The molecule has 1 atom stereocenters. The minimum atomic E-state index is -0.656. The fourth-order valence-corrected chi connectivity index (χ4v) is 4.88. The first-order valence-electron chi connectivity index (χ1n) is 9.01. The van der Waals surface area contributed by atoms with Crippen LogP contribution in [0.1, 0.15) is 82.1 Å². The quantitative estimate of drug-likeness (QED) is 0.518. The standard InChI is InChI=1S/C21H38O3/c1-16(2,3)20(10,15(23)24-11)18(7,8)19(9)12-21(13-19,14-22)17(4,5)6/h14H,12-13H2,1-11H3. The molecule has 3 heteroatoms. The van der Waals surface area contributed by atoms with Crippen molar-refractivity contribution in [3.63, 3.8) is 0 Å². The summed E-state index contributed by atoms with van der Waals surface area (Å²) in [5, 5.41) is 0. The van der Waals surface area contributed by atoms with Crippen molar-refractivity contribution in [1.29, 1.82) is 0 Å². The van der Waals surface area contributed by atoms with Crippen molar-refractivity contribution in [2.24, 2.45) is 32.5 Å². The van der Waals surface area contributed by atoms with Gasteiger partial charge >= 0.3 is 5.97 Å².